The first kappa shape index (κ1) is 18.1. The van der Waals surface area contributed by atoms with E-state index in [1.165, 1.54) is 16.9 Å². The molecule has 1 aromatic heterocycles. The molecule has 2 aromatic rings. The van der Waals surface area contributed by atoms with Crippen LogP contribution in [0.1, 0.15) is 28.2 Å². The second-order valence-electron chi connectivity index (χ2n) is 7.02. The molecule has 8 heteroatoms. The van der Waals surface area contributed by atoms with Crippen LogP contribution in [0.2, 0.25) is 0 Å². The van der Waals surface area contributed by atoms with Gasteiger partial charge in [0.15, 0.2) is 16.6 Å². The van der Waals surface area contributed by atoms with Gasteiger partial charge in [-0.1, -0.05) is 17.4 Å². The minimum Gasteiger partial charge on any atom is -0.454 e. The minimum atomic E-state index is 0.00816. The monoisotopic (exact) mass is 388 g/mol. The summed E-state index contributed by atoms with van der Waals surface area (Å²) in [6.07, 6.45) is 1.68. The molecule has 0 unspecified atom stereocenters. The Morgan fingerprint density at radius 2 is 1.93 bits per heavy atom. The first-order chi connectivity index (χ1) is 13.0. The smallest absolute Gasteiger partial charge is 0.265 e. The van der Waals surface area contributed by atoms with Crippen LogP contribution in [-0.2, 0) is 0 Å². The van der Waals surface area contributed by atoms with E-state index in [1.807, 2.05) is 6.07 Å². The summed E-state index contributed by atoms with van der Waals surface area (Å²) in [5.41, 5.74) is 1.24. The molecule has 0 aliphatic carbocycles. The molecule has 1 atom stereocenters. The van der Waals surface area contributed by atoms with E-state index in [2.05, 4.69) is 33.8 Å². The standard InChI is InChI=1S/C19H24N4O3S/c1-13(14-4-5-15-16(10-14)26-12-25-15)22-6-8-23(9-7-22)19-20-11-17(27-19)18(24)21(2)3/h4-5,10-11,13H,6-9,12H2,1-3H3/t13-/m0/s1. The molecule has 1 amide bonds. The minimum absolute atomic E-state index is 0.00816. The maximum Gasteiger partial charge on any atom is 0.265 e. The van der Waals surface area contributed by atoms with E-state index < -0.39 is 0 Å². The van der Waals surface area contributed by atoms with Crippen LogP contribution in [0.4, 0.5) is 5.13 Å². The van der Waals surface area contributed by atoms with E-state index in [1.54, 1.807) is 25.2 Å². The van der Waals surface area contributed by atoms with E-state index in [4.69, 9.17) is 9.47 Å². The highest BCUT2D eigenvalue weighted by molar-refractivity contribution is 7.17. The molecule has 2 aliphatic rings. The van der Waals surface area contributed by atoms with Crippen LogP contribution >= 0.6 is 11.3 Å². The largest absolute Gasteiger partial charge is 0.454 e. The molecule has 0 spiro atoms. The van der Waals surface area contributed by atoms with E-state index in [0.717, 1.165) is 42.8 Å². The van der Waals surface area contributed by atoms with Gasteiger partial charge in [-0.05, 0) is 24.6 Å². The maximum absolute atomic E-state index is 12.1. The second kappa shape index (κ2) is 7.36. The zero-order valence-electron chi connectivity index (χ0n) is 15.8. The second-order valence-corrected chi connectivity index (χ2v) is 8.03. The van der Waals surface area contributed by atoms with Crippen molar-refractivity contribution in [3.8, 4) is 11.5 Å². The molecule has 2 aliphatic heterocycles. The van der Waals surface area contributed by atoms with Gasteiger partial charge in [0.2, 0.25) is 6.79 Å². The maximum atomic E-state index is 12.1. The summed E-state index contributed by atoms with van der Waals surface area (Å²) in [7, 11) is 3.52. The third-order valence-corrected chi connectivity index (χ3v) is 6.17. The fraction of sp³-hybridized carbons (Fsp3) is 0.474. The number of hydrogen-bond acceptors (Lipinski definition) is 7. The first-order valence-corrected chi connectivity index (χ1v) is 9.90. The molecule has 1 fully saturated rings. The third kappa shape index (κ3) is 3.59. The van der Waals surface area contributed by atoms with Crippen LogP contribution in [0.15, 0.2) is 24.4 Å². The predicted molar refractivity (Wildman–Crippen MR) is 105 cm³/mol. The number of amides is 1. The predicted octanol–water partition coefficient (Wildman–Crippen LogP) is 2.46. The lowest BCUT2D eigenvalue weighted by molar-refractivity contribution is 0.0832. The molecule has 7 nitrogen and oxygen atoms in total. The lowest BCUT2D eigenvalue weighted by Gasteiger charge is -2.38. The summed E-state index contributed by atoms with van der Waals surface area (Å²) in [6, 6.07) is 6.50. The lowest BCUT2D eigenvalue weighted by Crippen LogP contribution is -2.47. The third-order valence-electron chi connectivity index (χ3n) is 5.12. The number of ether oxygens (including phenoxy) is 2. The Labute approximate surface area is 163 Å². The zero-order chi connectivity index (χ0) is 19.0. The van der Waals surface area contributed by atoms with Crippen molar-refractivity contribution in [1.82, 2.24) is 14.8 Å². The van der Waals surface area contributed by atoms with E-state index in [-0.39, 0.29) is 5.91 Å². The zero-order valence-corrected chi connectivity index (χ0v) is 16.7. The molecular weight excluding hydrogens is 364 g/mol. The van der Waals surface area contributed by atoms with Crippen molar-refractivity contribution in [2.75, 3.05) is 52.0 Å². The van der Waals surface area contributed by atoms with Crippen molar-refractivity contribution in [3.05, 3.63) is 34.8 Å². The molecule has 144 valence electrons. The molecular formula is C19H24N4O3S. The Balaban J connectivity index is 1.38. The van der Waals surface area contributed by atoms with Crippen molar-refractivity contribution in [3.63, 3.8) is 0 Å². The molecule has 27 heavy (non-hydrogen) atoms. The number of carbonyl (C=O) groups is 1. The summed E-state index contributed by atoms with van der Waals surface area (Å²) in [5, 5.41) is 0.926. The number of thiazole rings is 1. The molecule has 1 saturated heterocycles. The number of benzene rings is 1. The summed E-state index contributed by atoms with van der Waals surface area (Å²) >= 11 is 1.47. The molecule has 0 radical (unpaired) electrons. The fourth-order valence-electron chi connectivity index (χ4n) is 3.41. The van der Waals surface area contributed by atoms with Crippen molar-refractivity contribution < 1.29 is 14.3 Å². The van der Waals surface area contributed by atoms with Gasteiger partial charge in [0.1, 0.15) is 4.88 Å². The molecule has 0 bridgehead atoms. The number of fused-ring (bicyclic) bond motifs is 1. The highest BCUT2D eigenvalue weighted by atomic mass is 32.1. The fourth-order valence-corrected chi connectivity index (χ4v) is 4.40. The van der Waals surface area contributed by atoms with Crippen molar-refractivity contribution >= 4 is 22.4 Å². The van der Waals surface area contributed by atoms with Gasteiger partial charge in [-0.3, -0.25) is 9.69 Å². The van der Waals surface area contributed by atoms with Gasteiger partial charge >= 0.3 is 0 Å². The van der Waals surface area contributed by atoms with Crippen LogP contribution in [0.5, 0.6) is 11.5 Å². The van der Waals surface area contributed by atoms with Crippen LogP contribution < -0.4 is 14.4 Å². The Bertz CT molecular complexity index is 830. The van der Waals surface area contributed by atoms with Crippen LogP contribution in [0.3, 0.4) is 0 Å². The number of hydrogen-bond donors (Lipinski definition) is 0. The van der Waals surface area contributed by atoms with Crippen molar-refractivity contribution in [1.29, 1.82) is 0 Å². The molecule has 1 aromatic carbocycles. The number of aromatic nitrogens is 1. The van der Waals surface area contributed by atoms with Crippen molar-refractivity contribution in [2.24, 2.45) is 0 Å². The number of anilines is 1. The quantitative estimate of drug-likeness (QED) is 0.802. The Kier molecular flexibility index (Phi) is 4.92. The van der Waals surface area contributed by atoms with Gasteiger partial charge < -0.3 is 19.3 Å². The number of rotatable bonds is 4. The van der Waals surface area contributed by atoms with Gasteiger partial charge in [-0.25, -0.2) is 4.98 Å². The van der Waals surface area contributed by atoms with Crippen LogP contribution in [-0.4, -0.2) is 67.8 Å². The molecule has 4 rings (SSSR count). The van der Waals surface area contributed by atoms with Crippen molar-refractivity contribution in [2.45, 2.75) is 13.0 Å². The number of carbonyl (C=O) groups excluding carboxylic acids is 1. The highest BCUT2D eigenvalue weighted by Crippen LogP contribution is 2.35. The Morgan fingerprint density at radius 3 is 2.67 bits per heavy atom. The van der Waals surface area contributed by atoms with Gasteiger partial charge in [-0.15, -0.1) is 0 Å². The molecule has 3 heterocycles. The van der Waals surface area contributed by atoms with Crippen LogP contribution in [0.25, 0.3) is 0 Å². The van der Waals surface area contributed by atoms with E-state index >= 15 is 0 Å². The summed E-state index contributed by atoms with van der Waals surface area (Å²) in [4.78, 5) is 23.5. The van der Waals surface area contributed by atoms with E-state index in [0.29, 0.717) is 17.7 Å². The summed E-state index contributed by atoms with van der Waals surface area (Å²) in [6.45, 7) is 6.23. The average molecular weight is 388 g/mol. The highest BCUT2D eigenvalue weighted by Gasteiger charge is 2.25. The van der Waals surface area contributed by atoms with Gasteiger partial charge in [-0.2, -0.15) is 0 Å². The normalized spacial score (nSPS) is 17.8. The number of nitrogens with zero attached hydrogens (tertiary/aromatic N) is 4. The van der Waals surface area contributed by atoms with Gasteiger partial charge in [0.25, 0.3) is 5.91 Å². The lowest BCUT2D eigenvalue weighted by atomic mass is 10.1. The first-order valence-electron chi connectivity index (χ1n) is 9.09. The molecule has 0 N–H and O–H groups in total. The average Bonchev–Trinajstić information content (AvgIpc) is 3.35. The number of piperazine rings is 1. The topological polar surface area (TPSA) is 58.1 Å². The summed E-state index contributed by atoms with van der Waals surface area (Å²) in [5.74, 6) is 1.66. The van der Waals surface area contributed by atoms with Crippen LogP contribution in [0, 0.1) is 0 Å². The Hall–Kier alpha value is -2.32. The van der Waals surface area contributed by atoms with E-state index in [9.17, 15) is 4.79 Å². The molecule has 0 saturated carbocycles. The van der Waals surface area contributed by atoms with Gasteiger partial charge in [0.05, 0.1) is 6.20 Å². The van der Waals surface area contributed by atoms with Gasteiger partial charge in [0, 0.05) is 46.3 Å². The SMILES string of the molecule is C[C@@H](c1ccc2c(c1)OCO2)N1CCN(c2ncc(C(=O)N(C)C)s2)CC1. The Morgan fingerprint density at radius 1 is 1.19 bits per heavy atom. The summed E-state index contributed by atoms with van der Waals surface area (Å²) < 4.78 is 10.9.